The first kappa shape index (κ1) is 12.9. The van der Waals surface area contributed by atoms with Crippen molar-refractivity contribution in [3.63, 3.8) is 0 Å². The first-order valence-electron chi connectivity index (χ1n) is 5.01. The molecular formula is C10H17N3O2S. The predicted molar refractivity (Wildman–Crippen MR) is 63.9 cm³/mol. The average molecular weight is 243 g/mol. The monoisotopic (exact) mass is 243 g/mol. The Labute approximate surface area is 96.5 Å². The molecule has 16 heavy (non-hydrogen) atoms. The molecule has 0 bridgehead atoms. The number of aromatic nitrogens is 1. The molecule has 0 spiro atoms. The Kier molecular flexibility index (Phi) is 3.88. The third-order valence-corrected chi connectivity index (χ3v) is 4.41. The maximum Gasteiger partial charge on any atom is 0.244 e. The molecule has 0 radical (unpaired) electrons. The Balaban J connectivity index is 3.08. The van der Waals surface area contributed by atoms with Crippen molar-refractivity contribution in [3.05, 3.63) is 18.3 Å². The van der Waals surface area contributed by atoms with Crippen LogP contribution in [0.25, 0.3) is 0 Å². The van der Waals surface area contributed by atoms with Gasteiger partial charge in [-0.3, -0.25) is 0 Å². The molecule has 0 aliphatic heterocycles. The Hall–Kier alpha value is -1.14. The van der Waals surface area contributed by atoms with Gasteiger partial charge in [-0.1, -0.05) is 0 Å². The fraction of sp³-hybridized carbons (Fsp3) is 0.500. The van der Waals surface area contributed by atoms with Crippen molar-refractivity contribution in [3.8, 4) is 0 Å². The highest BCUT2D eigenvalue weighted by Crippen LogP contribution is 2.16. The average Bonchev–Trinajstić information content (AvgIpc) is 2.28. The molecule has 90 valence electrons. The topological polar surface area (TPSA) is 62.3 Å². The summed E-state index contributed by atoms with van der Waals surface area (Å²) in [5.41, 5.74) is 0. The third-order valence-electron chi connectivity index (χ3n) is 2.40. The van der Waals surface area contributed by atoms with Gasteiger partial charge < -0.3 is 5.32 Å². The van der Waals surface area contributed by atoms with Crippen molar-refractivity contribution in [2.24, 2.45) is 0 Å². The van der Waals surface area contributed by atoms with Gasteiger partial charge in [0.15, 0.2) is 0 Å². The predicted octanol–water partition coefficient (Wildman–Crippen LogP) is 1.15. The summed E-state index contributed by atoms with van der Waals surface area (Å²) in [7, 11) is -0.126. The van der Waals surface area contributed by atoms with Crippen molar-refractivity contribution in [1.82, 2.24) is 9.29 Å². The van der Waals surface area contributed by atoms with E-state index in [4.69, 9.17) is 0 Å². The Morgan fingerprint density at radius 1 is 1.38 bits per heavy atom. The maximum absolute atomic E-state index is 12.0. The number of nitrogens with zero attached hydrogens (tertiary/aromatic N) is 2. The Morgan fingerprint density at radius 2 is 2.00 bits per heavy atom. The van der Waals surface area contributed by atoms with E-state index in [1.165, 1.54) is 10.5 Å². The smallest absolute Gasteiger partial charge is 0.244 e. The van der Waals surface area contributed by atoms with E-state index in [2.05, 4.69) is 10.3 Å². The molecule has 1 aromatic heterocycles. The number of nitrogens with one attached hydrogen (secondary N) is 1. The summed E-state index contributed by atoms with van der Waals surface area (Å²) in [6.45, 7) is 3.65. The van der Waals surface area contributed by atoms with E-state index in [1.54, 1.807) is 26.2 Å². The number of hydrogen-bond donors (Lipinski definition) is 1. The van der Waals surface area contributed by atoms with Gasteiger partial charge in [0.2, 0.25) is 10.0 Å². The lowest BCUT2D eigenvalue weighted by Crippen LogP contribution is -2.33. The highest BCUT2D eigenvalue weighted by Gasteiger charge is 2.23. The van der Waals surface area contributed by atoms with Gasteiger partial charge in [-0.25, -0.2) is 13.4 Å². The van der Waals surface area contributed by atoms with Gasteiger partial charge in [-0.15, -0.1) is 0 Å². The molecule has 1 aromatic rings. The zero-order valence-corrected chi connectivity index (χ0v) is 10.7. The van der Waals surface area contributed by atoms with Crippen LogP contribution >= 0.6 is 0 Å². The minimum atomic E-state index is -3.42. The van der Waals surface area contributed by atoms with E-state index < -0.39 is 10.0 Å². The number of sulfonamides is 1. The number of hydrogen-bond acceptors (Lipinski definition) is 4. The van der Waals surface area contributed by atoms with Gasteiger partial charge in [0.25, 0.3) is 0 Å². The minimum Gasteiger partial charge on any atom is -0.373 e. The van der Waals surface area contributed by atoms with Crippen LogP contribution in [0, 0.1) is 0 Å². The molecule has 0 aromatic carbocycles. The molecule has 0 atom stereocenters. The summed E-state index contributed by atoms with van der Waals surface area (Å²) in [6, 6.07) is 3.11. The summed E-state index contributed by atoms with van der Waals surface area (Å²) in [6.07, 6.45) is 1.36. The zero-order chi connectivity index (χ0) is 12.3. The molecule has 0 saturated carbocycles. The van der Waals surface area contributed by atoms with Crippen molar-refractivity contribution in [2.75, 3.05) is 19.4 Å². The van der Waals surface area contributed by atoms with Crippen LogP contribution < -0.4 is 5.32 Å². The molecule has 0 aliphatic rings. The molecule has 0 saturated heterocycles. The quantitative estimate of drug-likeness (QED) is 0.861. The lowest BCUT2D eigenvalue weighted by atomic mass is 10.4. The van der Waals surface area contributed by atoms with Crippen molar-refractivity contribution < 1.29 is 8.42 Å². The van der Waals surface area contributed by atoms with Crippen LogP contribution in [-0.4, -0.2) is 37.8 Å². The summed E-state index contributed by atoms with van der Waals surface area (Å²) in [5.74, 6) is 0.645. The fourth-order valence-corrected chi connectivity index (χ4v) is 2.44. The largest absolute Gasteiger partial charge is 0.373 e. The lowest BCUT2D eigenvalue weighted by molar-refractivity contribution is 0.410. The molecule has 1 N–H and O–H groups in total. The zero-order valence-electron chi connectivity index (χ0n) is 9.93. The summed E-state index contributed by atoms with van der Waals surface area (Å²) >= 11 is 0. The minimum absolute atomic E-state index is 0.0750. The first-order valence-corrected chi connectivity index (χ1v) is 6.45. The number of anilines is 1. The van der Waals surface area contributed by atoms with E-state index in [0.717, 1.165) is 0 Å². The standard InChI is InChI=1S/C10H17N3O2S/c1-8(2)13(4)16(14,15)9-5-6-10(11-3)12-7-9/h5-8H,1-4H3,(H,11,12). The third kappa shape index (κ3) is 2.51. The highest BCUT2D eigenvalue weighted by atomic mass is 32.2. The van der Waals surface area contributed by atoms with Crippen molar-refractivity contribution in [2.45, 2.75) is 24.8 Å². The van der Waals surface area contributed by atoms with E-state index in [-0.39, 0.29) is 10.9 Å². The van der Waals surface area contributed by atoms with E-state index in [0.29, 0.717) is 5.82 Å². The SMILES string of the molecule is CNc1ccc(S(=O)(=O)N(C)C(C)C)cn1. The second-order valence-electron chi connectivity index (χ2n) is 3.74. The molecule has 6 heteroatoms. The van der Waals surface area contributed by atoms with E-state index in [1.807, 2.05) is 13.8 Å². The van der Waals surface area contributed by atoms with Crippen LogP contribution in [0.5, 0.6) is 0 Å². The second-order valence-corrected chi connectivity index (χ2v) is 5.74. The molecule has 0 fully saturated rings. The van der Waals surface area contributed by atoms with Gasteiger partial charge in [0.1, 0.15) is 10.7 Å². The molecule has 1 heterocycles. The van der Waals surface area contributed by atoms with Crippen LogP contribution in [-0.2, 0) is 10.0 Å². The summed E-state index contributed by atoms with van der Waals surface area (Å²) < 4.78 is 25.4. The van der Waals surface area contributed by atoms with E-state index in [9.17, 15) is 8.42 Å². The number of pyridine rings is 1. The molecular weight excluding hydrogens is 226 g/mol. The molecule has 0 unspecified atom stereocenters. The van der Waals surface area contributed by atoms with Crippen molar-refractivity contribution in [1.29, 1.82) is 0 Å². The molecule has 0 amide bonds. The first-order chi connectivity index (χ1) is 7.39. The molecule has 5 nitrogen and oxygen atoms in total. The summed E-state index contributed by atoms with van der Waals surface area (Å²) in [5, 5.41) is 2.84. The van der Waals surface area contributed by atoms with Crippen LogP contribution in [0.15, 0.2) is 23.2 Å². The molecule has 0 aliphatic carbocycles. The second kappa shape index (κ2) is 4.80. The maximum atomic E-state index is 12.0. The van der Waals surface area contributed by atoms with Gasteiger partial charge in [-0.05, 0) is 26.0 Å². The van der Waals surface area contributed by atoms with Gasteiger partial charge in [-0.2, -0.15) is 4.31 Å². The lowest BCUT2D eigenvalue weighted by Gasteiger charge is -2.20. The van der Waals surface area contributed by atoms with Crippen molar-refractivity contribution >= 4 is 15.8 Å². The Morgan fingerprint density at radius 3 is 2.38 bits per heavy atom. The van der Waals surface area contributed by atoms with Crippen LogP contribution in [0.1, 0.15) is 13.8 Å². The van der Waals surface area contributed by atoms with Gasteiger partial charge in [0.05, 0.1) is 0 Å². The van der Waals surface area contributed by atoms with Gasteiger partial charge in [0, 0.05) is 26.3 Å². The Bertz CT molecular complexity index is 440. The van der Waals surface area contributed by atoms with E-state index >= 15 is 0 Å². The van der Waals surface area contributed by atoms with Crippen LogP contribution in [0.2, 0.25) is 0 Å². The highest BCUT2D eigenvalue weighted by molar-refractivity contribution is 7.89. The van der Waals surface area contributed by atoms with Crippen LogP contribution in [0.3, 0.4) is 0 Å². The van der Waals surface area contributed by atoms with Gasteiger partial charge >= 0.3 is 0 Å². The number of rotatable bonds is 4. The normalized spacial score (nSPS) is 12.1. The van der Waals surface area contributed by atoms with Crippen LogP contribution in [0.4, 0.5) is 5.82 Å². The molecule has 1 rings (SSSR count). The summed E-state index contributed by atoms with van der Waals surface area (Å²) in [4.78, 5) is 4.20. The fourth-order valence-electron chi connectivity index (χ4n) is 1.12.